The predicted molar refractivity (Wildman–Crippen MR) is 143 cm³/mol. The molecular formula is C26H27N3OS3. The molecule has 0 saturated heterocycles. The number of thiophene rings is 1. The lowest BCUT2D eigenvalue weighted by Crippen LogP contribution is -2.25. The predicted octanol–water partition coefficient (Wildman–Crippen LogP) is 6.69. The summed E-state index contributed by atoms with van der Waals surface area (Å²) in [6, 6.07) is 16.6. The first-order chi connectivity index (χ1) is 16.0. The molecule has 3 heterocycles. The van der Waals surface area contributed by atoms with E-state index in [1.807, 2.05) is 17.8 Å². The van der Waals surface area contributed by atoms with Crippen molar-refractivity contribution in [1.29, 1.82) is 0 Å². The van der Waals surface area contributed by atoms with Crippen LogP contribution in [0.2, 0.25) is 0 Å². The number of hydrogen-bond donors (Lipinski definition) is 1. The lowest BCUT2D eigenvalue weighted by atomic mass is 10.0. The quantitative estimate of drug-likeness (QED) is 0.304. The Bertz CT molecular complexity index is 1260. The summed E-state index contributed by atoms with van der Waals surface area (Å²) in [5.41, 5.74) is 4.52. The molecule has 1 aliphatic heterocycles. The Morgan fingerprint density at radius 3 is 2.70 bits per heavy atom. The number of anilines is 1. The van der Waals surface area contributed by atoms with E-state index in [1.165, 1.54) is 20.0 Å². The van der Waals surface area contributed by atoms with Crippen LogP contribution in [0.25, 0.3) is 20.8 Å². The highest BCUT2D eigenvalue weighted by molar-refractivity contribution is 7.99. The van der Waals surface area contributed by atoms with Crippen LogP contribution in [0.5, 0.6) is 0 Å². The molecule has 2 aromatic carbocycles. The Balaban J connectivity index is 1.42. The third-order valence-corrected chi connectivity index (χ3v) is 8.87. The summed E-state index contributed by atoms with van der Waals surface area (Å²) in [5, 5.41) is 5.73. The number of likely N-dealkylation sites (N-methyl/N-ethyl adjacent to an activating group) is 1. The molecule has 0 bridgehead atoms. The summed E-state index contributed by atoms with van der Waals surface area (Å²) < 4.78 is 1.18. The summed E-state index contributed by atoms with van der Waals surface area (Å²) >= 11 is 5.25. The SMILES string of the molecule is CC(C)Sc1ccc(CC(=O)Nc2sc3c(c2-c2nc4ccccc4s2)CCN(C)C3)cc1. The molecule has 7 heteroatoms. The zero-order valence-electron chi connectivity index (χ0n) is 19.1. The number of para-hydroxylation sites is 1. The number of thioether (sulfide) groups is 1. The van der Waals surface area contributed by atoms with Gasteiger partial charge < -0.3 is 10.2 Å². The fraction of sp³-hybridized carbons (Fsp3) is 0.308. The zero-order valence-corrected chi connectivity index (χ0v) is 21.5. The minimum absolute atomic E-state index is 0.0218. The number of amides is 1. The Morgan fingerprint density at radius 1 is 1.15 bits per heavy atom. The number of hydrogen-bond acceptors (Lipinski definition) is 6. The Morgan fingerprint density at radius 2 is 1.94 bits per heavy atom. The van der Waals surface area contributed by atoms with Crippen LogP contribution in [-0.4, -0.2) is 34.6 Å². The van der Waals surface area contributed by atoms with Crippen molar-refractivity contribution in [3.05, 3.63) is 64.5 Å². The van der Waals surface area contributed by atoms with Crippen LogP contribution in [0.15, 0.2) is 53.4 Å². The van der Waals surface area contributed by atoms with E-state index >= 15 is 0 Å². The van der Waals surface area contributed by atoms with Crippen molar-refractivity contribution in [3.63, 3.8) is 0 Å². The number of carbonyl (C=O) groups excluding carboxylic acids is 1. The molecule has 0 fully saturated rings. The molecule has 170 valence electrons. The molecule has 0 atom stereocenters. The number of aromatic nitrogens is 1. The fourth-order valence-electron chi connectivity index (χ4n) is 4.14. The number of carbonyl (C=O) groups is 1. The minimum atomic E-state index is 0.0218. The van der Waals surface area contributed by atoms with E-state index in [0.717, 1.165) is 46.2 Å². The Hall–Kier alpha value is -2.19. The Kier molecular flexibility index (Phi) is 6.56. The molecule has 0 unspecified atom stereocenters. The first-order valence-corrected chi connectivity index (χ1v) is 13.7. The second kappa shape index (κ2) is 9.58. The summed E-state index contributed by atoms with van der Waals surface area (Å²) in [6.45, 7) is 6.32. The number of benzene rings is 2. The van der Waals surface area contributed by atoms with Crippen molar-refractivity contribution >= 4 is 55.6 Å². The van der Waals surface area contributed by atoms with E-state index in [2.05, 4.69) is 73.6 Å². The zero-order chi connectivity index (χ0) is 22.9. The van der Waals surface area contributed by atoms with E-state index in [4.69, 9.17) is 4.98 Å². The van der Waals surface area contributed by atoms with E-state index < -0.39 is 0 Å². The maximum absolute atomic E-state index is 13.0. The molecule has 5 rings (SSSR count). The van der Waals surface area contributed by atoms with Crippen LogP contribution in [0.1, 0.15) is 29.9 Å². The van der Waals surface area contributed by atoms with Gasteiger partial charge in [-0.1, -0.05) is 38.1 Å². The van der Waals surface area contributed by atoms with Crippen molar-refractivity contribution in [1.82, 2.24) is 9.88 Å². The van der Waals surface area contributed by atoms with Gasteiger partial charge in [0.1, 0.15) is 10.0 Å². The van der Waals surface area contributed by atoms with Gasteiger partial charge in [0, 0.05) is 33.7 Å². The van der Waals surface area contributed by atoms with Crippen molar-refractivity contribution < 1.29 is 4.79 Å². The molecule has 1 aliphatic rings. The highest BCUT2D eigenvalue weighted by Crippen LogP contribution is 2.45. The van der Waals surface area contributed by atoms with Gasteiger partial charge >= 0.3 is 0 Å². The molecule has 1 N–H and O–H groups in total. The monoisotopic (exact) mass is 493 g/mol. The van der Waals surface area contributed by atoms with Crippen molar-refractivity contribution in [2.45, 2.75) is 43.4 Å². The van der Waals surface area contributed by atoms with Gasteiger partial charge in [0.05, 0.1) is 16.6 Å². The van der Waals surface area contributed by atoms with Crippen molar-refractivity contribution in [2.24, 2.45) is 0 Å². The normalized spacial score (nSPS) is 14.1. The fourth-order valence-corrected chi connectivity index (χ4v) is 7.43. The first kappa shape index (κ1) is 22.6. The van der Waals surface area contributed by atoms with Gasteiger partial charge in [-0.05, 0) is 48.9 Å². The Labute approximate surface area is 207 Å². The lowest BCUT2D eigenvalue weighted by molar-refractivity contribution is -0.115. The number of rotatable bonds is 6. The van der Waals surface area contributed by atoms with Gasteiger partial charge in [0.15, 0.2) is 0 Å². The number of nitrogens with one attached hydrogen (secondary N) is 1. The number of nitrogens with zero attached hydrogens (tertiary/aromatic N) is 2. The maximum Gasteiger partial charge on any atom is 0.229 e. The smallest absolute Gasteiger partial charge is 0.229 e. The third kappa shape index (κ3) is 5.01. The molecule has 4 aromatic rings. The van der Waals surface area contributed by atoms with Crippen LogP contribution in [0, 0.1) is 0 Å². The molecule has 0 saturated carbocycles. The van der Waals surface area contributed by atoms with Crippen molar-refractivity contribution in [2.75, 3.05) is 18.9 Å². The largest absolute Gasteiger partial charge is 0.317 e. The van der Waals surface area contributed by atoms with Crippen LogP contribution < -0.4 is 5.32 Å². The van der Waals surface area contributed by atoms with Crippen LogP contribution >= 0.6 is 34.4 Å². The number of fused-ring (bicyclic) bond motifs is 2. The molecule has 33 heavy (non-hydrogen) atoms. The van der Waals surface area contributed by atoms with Crippen LogP contribution in [0.3, 0.4) is 0 Å². The molecule has 0 radical (unpaired) electrons. The summed E-state index contributed by atoms with van der Waals surface area (Å²) in [6.07, 6.45) is 1.35. The van der Waals surface area contributed by atoms with E-state index in [1.54, 1.807) is 22.7 Å². The second-order valence-corrected chi connectivity index (χ2v) is 12.5. The van der Waals surface area contributed by atoms with Crippen molar-refractivity contribution in [3.8, 4) is 10.6 Å². The summed E-state index contributed by atoms with van der Waals surface area (Å²) in [7, 11) is 2.15. The summed E-state index contributed by atoms with van der Waals surface area (Å²) in [5.74, 6) is 0.0218. The van der Waals surface area contributed by atoms with Gasteiger partial charge in [-0.2, -0.15) is 0 Å². The molecule has 0 spiro atoms. The maximum atomic E-state index is 13.0. The molecule has 4 nitrogen and oxygen atoms in total. The van der Waals surface area contributed by atoms with Gasteiger partial charge in [0.25, 0.3) is 0 Å². The van der Waals surface area contributed by atoms with Gasteiger partial charge in [-0.25, -0.2) is 4.98 Å². The topological polar surface area (TPSA) is 45.2 Å². The third-order valence-electron chi connectivity index (χ3n) is 5.67. The van der Waals surface area contributed by atoms with Crippen LogP contribution in [0.4, 0.5) is 5.00 Å². The minimum Gasteiger partial charge on any atom is -0.317 e. The highest BCUT2D eigenvalue weighted by Gasteiger charge is 2.26. The summed E-state index contributed by atoms with van der Waals surface area (Å²) in [4.78, 5) is 22.9. The second-order valence-electron chi connectivity index (χ2n) is 8.72. The van der Waals surface area contributed by atoms with E-state index in [0.29, 0.717) is 11.7 Å². The average molecular weight is 494 g/mol. The van der Waals surface area contributed by atoms with E-state index in [-0.39, 0.29) is 5.91 Å². The van der Waals surface area contributed by atoms with E-state index in [9.17, 15) is 4.79 Å². The molecule has 1 amide bonds. The standard InChI is InChI=1S/C26H27N3OS3/c1-16(2)31-18-10-8-17(9-11-18)14-23(30)28-26-24(19-12-13-29(3)15-22(19)33-26)25-27-20-6-4-5-7-21(20)32-25/h4-11,16H,12-15H2,1-3H3,(H,28,30). The molecule has 0 aliphatic carbocycles. The molecule has 2 aromatic heterocycles. The van der Waals surface area contributed by atoms with Crippen LogP contribution in [-0.2, 0) is 24.2 Å². The average Bonchev–Trinajstić information content (AvgIpc) is 3.34. The van der Waals surface area contributed by atoms with Gasteiger partial charge in [-0.15, -0.1) is 34.4 Å². The number of thiazole rings is 1. The molecular weight excluding hydrogens is 467 g/mol. The first-order valence-electron chi connectivity index (χ1n) is 11.2. The highest BCUT2D eigenvalue weighted by atomic mass is 32.2. The van der Waals surface area contributed by atoms with Gasteiger partial charge in [-0.3, -0.25) is 4.79 Å². The van der Waals surface area contributed by atoms with Gasteiger partial charge in [0.2, 0.25) is 5.91 Å². The lowest BCUT2D eigenvalue weighted by Gasteiger charge is -2.22.